The highest BCUT2D eigenvalue weighted by molar-refractivity contribution is 7.95. The molecule has 0 bridgehead atoms. The van der Waals surface area contributed by atoms with Crippen LogP contribution in [-0.2, 0) is 19.9 Å². The number of hydrogen-bond acceptors (Lipinski definition) is 5. The van der Waals surface area contributed by atoms with Gasteiger partial charge < -0.3 is 5.11 Å². The van der Waals surface area contributed by atoms with E-state index < -0.39 is 49.9 Å². The molecule has 0 saturated carbocycles. The van der Waals surface area contributed by atoms with Crippen molar-refractivity contribution < 1.29 is 30.7 Å². The van der Waals surface area contributed by atoms with E-state index in [1.807, 2.05) is 0 Å². The molecule has 0 aliphatic carbocycles. The smallest absolute Gasteiger partial charge is 0.283 e. The summed E-state index contributed by atoms with van der Waals surface area (Å²) in [6.07, 6.45) is -0.0949. The summed E-state index contributed by atoms with van der Waals surface area (Å²) in [5, 5.41) is 7.07. The summed E-state index contributed by atoms with van der Waals surface area (Å²) in [6.45, 7) is -2.71. The van der Waals surface area contributed by atoms with Crippen LogP contribution in [0.5, 0.6) is 0 Å². The van der Waals surface area contributed by atoms with Gasteiger partial charge in [-0.3, -0.25) is 0 Å². The molecule has 0 amide bonds. The molecule has 10 heteroatoms. The van der Waals surface area contributed by atoms with E-state index in [4.69, 9.17) is 5.11 Å². The summed E-state index contributed by atoms with van der Waals surface area (Å²) < 4.78 is 72.0. The molecule has 102 valence electrons. The number of nitrogens with one attached hydrogen (secondary N) is 1. The van der Waals surface area contributed by atoms with E-state index in [1.165, 1.54) is 0 Å². The number of rotatable bonds is 5. The zero-order chi connectivity index (χ0) is 13.3. The lowest BCUT2D eigenvalue weighted by molar-refractivity contribution is -0.0437. The molecular weight excluding hydrogens is 280 g/mol. The second-order valence-corrected chi connectivity index (χ2v) is 8.18. The zero-order valence-electron chi connectivity index (χ0n) is 8.77. The first-order chi connectivity index (χ1) is 7.58. The first kappa shape index (κ1) is 14.7. The Morgan fingerprint density at radius 3 is 2.41 bits per heavy atom. The standard InChI is InChI=1S/C7H13F2NO5S2/c8-7(9,5-11)4-10-17(14,15)6-1-2-16(12,13)3-6/h6,10-11H,1-5H2. The highest BCUT2D eigenvalue weighted by atomic mass is 32.2. The van der Waals surface area contributed by atoms with Crippen LogP contribution in [-0.4, -0.2) is 57.8 Å². The van der Waals surface area contributed by atoms with E-state index in [2.05, 4.69) is 0 Å². The summed E-state index contributed by atoms with van der Waals surface area (Å²) in [5.41, 5.74) is 0. The van der Waals surface area contributed by atoms with Gasteiger partial charge in [0.15, 0.2) is 9.84 Å². The number of halogens is 2. The van der Waals surface area contributed by atoms with Crippen molar-refractivity contribution in [3.05, 3.63) is 0 Å². The van der Waals surface area contributed by atoms with Gasteiger partial charge in [0.25, 0.3) is 5.92 Å². The number of aliphatic hydroxyl groups is 1. The largest absolute Gasteiger partial charge is 0.390 e. The fourth-order valence-corrected chi connectivity index (χ4v) is 5.49. The molecule has 1 saturated heterocycles. The Labute approximate surface area is 98.0 Å². The van der Waals surface area contributed by atoms with Crippen molar-refractivity contribution >= 4 is 19.9 Å². The Morgan fingerprint density at radius 2 is 2.00 bits per heavy atom. The molecule has 1 heterocycles. The van der Waals surface area contributed by atoms with Crippen molar-refractivity contribution in [2.75, 3.05) is 24.7 Å². The van der Waals surface area contributed by atoms with Gasteiger partial charge >= 0.3 is 0 Å². The van der Waals surface area contributed by atoms with E-state index in [0.717, 1.165) is 0 Å². The minimum Gasteiger partial charge on any atom is -0.390 e. The lowest BCUT2D eigenvalue weighted by Crippen LogP contribution is -2.43. The van der Waals surface area contributed by atoms with Crippen LogP contribution in [0.15, 0.2) is 0 Å². The quantitative estimate of drug-likeness (QED) is 0.657. The first-order valence-electron chi connectivity index (χ1n) is 4.76. The Kier molecular flexibility index (Phi) is 4.12. The van der Waals surface area contributed by atoms with Gasteiger partial charge in [0, 0.05) is 0 Å². The van der Waals surface area contributed by atoms with Crippen molar-refractivity contribution in [1.82, 2.24) is 4.72 Å². The van der Waals surface area contributed by atoms with Crippen LogP contribution < -0.4 is 4.72 Å². The number of alkyl halides is 2. The normalized spacial score (nSPS) is 25.0. The Morgan fingerprint density at radius 1 is 1.41 bits per heavy atom. The lowest BCUT2D eigenvalue weighted by Gasteiger charge is -2.16. The summed E-state index contributed by atoms with van der Waals surface area (Å²) in [6, 6.07) is 0. The zero-order valence-corrected chi connectivity index (χ0v) is 10.4. The predicted molar refractivity (Wildman–Crippen MR) is 56.0 cm³/mol. The maximum atomic E-state index is 12.6. The van der Waals surface area contributed by atoms with Gasteiger partial charge in [-0.1, -0.05) is 0 Å². The molecule has 1 aliphatic heterocycles. The van der Waals surface area contributed by atoms with Crippen LogP contribution in [0.3, 0.4) is 0 Å². The molecule has 1 atom stereocenters. The van der Waals surface area contributed by atoms with E-state index in [9.17, 15) is 25.6 Å². The SMILES string of the molecule is O=S1(=O)CCC(S(=O)(=O)NCC(F)(F)CO)C1. The van der Waals surface area contributed by atoms with Crippen LogP contribution >= 0.6 is 0 Å². The van der Waals surface area contributed by atoms with Crippen molar-refractivity contribution in [3.8, 4) is 0 Å². The molecule has 1 rings (SSSR count). The number of aliphatic hydroxyl groups excluding tert-OH is 1. The Hall–Kier alpha value is -0.320. The maximum absolute atomic E-state index is 12.6. The minimum atomic E-state index is -4.09. The lowest BCUT2D eigenvalue weighted by atomic mass is 10.4. The molecule has 1 fully saturated rings. The molecule has 6 nitrogen and oxygen atoms in total. The van der Waals surface area contributed by atoms with Crippen LogP contribution in [0.2, 0.25) is 0 Å². The molecule has 0 spiro atoms. The van der Waals surface area contributed by atoms with Gasteiger partial charge in [0.2, 0.25) is 10.0 Å². The molecule has 0 radical (unpaired) electrons. The first-order valence-corrected chi connectivity index (χ1v) is 8.12. The summed E-state index contributed by atoms with van der Waals surface area (Å²) in [5.74, 6) is -4.35. The summed E-state index contributed by atoms with van der Waals surface area (Å²) in [4.78, 5) is 0. The van der Waals surface area contributed by atoms with E-state index in [-0.39, 0.29) is 12.2 Å². The third-order valence-electron chi connectivity index (χ3n) is 2.39. The van der Waals surface area contributed by atoms with Gasteiger partial charge in [-0.05, 0) is 6.42 Å². The van der Waals surface area contributed by atoms with Crippen molar-refractivity contribution in [3.63, 3.8) is 0 Å². The van der Waals surface area contributed by atoms with Crippen LogP contribution in [0.25, 0.3) is 0 Å². The van der Waals surface area contributed by atoms with E-state index in [1.54, 1.807) is 4.72 Å². The van der Waals surface area contributed by atoms with Gasteiger partial charge in [0.1, 0.15) is 6.61 Å². The third-order valence-corrected chi connectivity index (χ3v) is 6.20. The molecule has 0 aromatic heterocycles. The highest BCUT2D eigenvalue weighted by Gasteiger charge is 2.39. The molecule has 0 aromatic carbocycles. The monoisotopic (exact) mass is 293 g/mol. The molecule has 1 unspecified atom stereocenters. The number of sulfonamides is 1. The molecule has 1 aliphatic rings. The van der Waals surface area contributed by atoms with Gasteiger partial charge in [-0.15, -0.1) is 0 Å². The Bertz CT molecular complexity index is 472. The topological polar surface area (TPSA) is 101 Å². The van der Waals surface area contributed by atoms with Crippen molar-refractivity contribution in [2.24, 2.45) is 0 Å². The Balaban J connectivity index is 2.65. The second-order valence-electron chi connectivity index (χ2n) is 3.91. The minimum absolute atomic E-state index is 0.0949. The van der Waals surface area contributed by atoms with Crippen LogP contribution in [0, 0.1) is 0 Å². The average Bonchev–Trinajstić information content (AvgIpc) is 2.57. The summed E-state index contributed by atoms with van der Waals surface area (Å²) in [7, 11) is -7.49. The summed E-state index contributed by atoms with van der Waals surface area (Å²) >= 11 is 0. The van der Waals surface area contributed by atoms with E-state index >= 15 is 0 Å². The van der Waals surface area contributed by atoms with Crippen LogP contribution in [0.1, 0.15) is 6.42 Å². The fraction of sp³-hybridized carbons (Fsp3) is 1.00. The van der Waals surface area contributed by atoms with Gasteiger partial charge in [0.05, 0.1) is 23.3 Å². The van der Waals surface area contributed by atoms with Gasteiger partial charge in [-0.2, -0.15) is 0 Å². The van der Waals surface area contributed by atoms with Crippen molar-refractivity contribution in [2.45, 2.75) is 17.6 Å². The number of sulfone groups is 1. The second kappa shape index (κ2) is 4.75. The van der Waals surface area contributed by atoms with Crippen LogP contribution in [0.4, 0.5) is 8.78 Å². The fourth-order valence-electron chi connectivity index (χ4n) is 1.39. The highest BCUT2D eigenvalue weighted by Crippen LogP contribution is 2.19. The molecular formula is C7H13F2NO5S2. The molecule has 2 N–H and O–H groups in total. The average molecular weight is 293 g/mol. The van der Waals surface area contributed by atoms with E-state index in [0.29, 0.717) is 0 Å². The number of hydrogen-bond donors (Lipinski definition) is 2. The van der Waals surface area contributed by atoms with Crippen molar-refractivity contribution in [1.29, 1.82) is 0 Å². The van der Waals surface area contributed by atoms with Gasteiger partial charge in [-0.25, -0.2) is 30.3 Å². The third kappa shape index (κ3) is 4.12. The molecule has 17 heavy (non-hydrogen) atoms. The molecule has 0 aromatic rings. The predicted octanol–water partition coefficient (Wildman–Crippen LogP) is -1.28. The maximum Gasteiger partial charge on any atom is 0.283 e.